The first-order chi connectivity index (χ1) is 32.3. The normalized spacial score (nSPS) is 14.3. The van der Waals surface area contributed by atoms with Crippen LogP contribution in [0.1, 0.15) is 15.1 Å². The zero-order valence-corrected chi connectivity index (χ0v) is 30.1. The van der Waals surface area contributed by atoms with Gasteiger partial charge in [-0.1, -0.05) is 151 Å². The van der Waals surface area contributed by atoms with Crippen LogP contribution in [0, 0.1) is 0 Å². The molecule has 0 atom stereocenters. The Kier molecular flexibility index (Phi) is 5.42. The molecular formula is C51H32N4S. The molecule has 0 spiro atoms. The molecule has 5 heteroatoms. The summed E-state index contributed by atoms with van der Waals surface area (Å²) in [7, 11) is 0. The third kappa shape index (κ3) is 5.40. The lowest BCUT2D eigenvalue weighted by atomic mass is 9.98. The van der Waals surface area contributed by atoms with Crippen LogP contribution in [0.15, 0.2) is 194 Å². The SMILES string of the molecule is [2H]c1cc([2H])c2sc3c(-c4cc(-c5nc(-c6ccccc6)nc(-c6ccccc6)n5)ccc4-n4c5ccccc5c5cc(-c6c([2H])c([2H])c([2H])c([2H])c6[2H])ccc54)c([2H])c([2H])c([2H])c3c2c1[2H]. The van der Waals surface area contributed by atoms with E-state index in [9.17, 15) is 4.11 Å². The molecule has 0 radical (unpaired) electrons. The number of aromatic nitrogens is 4. The highest BCUT2D eigenvalue weighted by Gasteiger charge is 2.21. The maximum Gasteiger partial charge on any atom is 0.164 e. The quantitative estimate of drug-likeness (QED) is 0.170. The van der Waals surface area contributed by atoms with Crippen molar-refractivity contribution >= 4 is 53.3 Å². The van der Waals surface area contributed by atoms with E-state index in [4.69, 9.17) is 25.9 Å². The van der Waals surface area contributed by atoms with Gasteiger partial charge in [-0.25, -0.2) is 15.0 Å². The predicted octanol–water partition coefficient (Wildman–Crippen LogP) is 13.7. The Hall–Kier alpha value is -7.21. The Bertz CT molecular complexity index is 3810. The van der Waals surface area contributed by atoms with Gasteiger partial charge >= 0.3 is 0 Å². The molecule has 0 unspecified atom stereocenters. The van der Waals surface area contributed by atoms with Gasteiger partial charge in [-0.3, -0.25) is 0 Å². The van der Waals surface area contributed by atoms with Crippen LogP contribution >= 0.6 is 11.3 Å². The smallest absolute Gasteiger partial charge is 0.164 e. The molecule has 0 fully saturated rings. The van der Waals surface area contributed by atoms with Gasteiger partial charge < -0.3 is 4.57 Å². The Morgan fingerprint density at radius 1 is 0.411 bits per heavy atom. The summed E-state index contributed by atoms with van der Waals surface area (Å²) in [5.41, 5.74) is 5.31. The molecule has 11 aromatic rings. The summed E-state index contributed by atoms with van der Waals surface area (Å²) in [4.78, 5) is 14.9. The maximum atomic E-state index is 9.65. The second-order valence-corrected chi connectivity index (χ2v) is 14.2. The third-order valence-electron chi connectivity index (χ3n) is 9.91. The van der Waals surface area contributed by atoms with E-state index in [0.29, 0.717) is 60.2 Å². The molecule has 56 heavy (non-hydrogen) atoms. The number of hydrogen-bond acceptors (Lipinski definition) is 4. The summed E-state index contributed by atoms with van der Waals surface area (Å²) in [5.74, 6) is 1.20. The van der Waals surface area contributed by atoms with Crippen LogP contribution in [0.2, 0.25) is 0 Å². The Balaban J connectivity index is 1.25. The number of fused-ring (bicyclic) bond motifs is 6. The third-order valence-corrected chi connectivity index (χ3v) is 11.0. The van der Waals surface area contributed by atoms with Crippen LogP contribution in [0.5, 0.6) is 0 Å². The predicted molar refractivity (Wildman–Crippen MR) is 234 cm³/mol. The minimum atomic E-state index is -0.481. The van der Waals surface area contributed by atoms with Gasteiger partial charge in [0.05, 0.1) is 31.8 Å². The lowest BCUT2D eigenvalue weighted by Crippen LogP contribution is -2.02. The molecule has 0 aliphatic carbocycles. The summed E-state index contributed by atoms with van der Waals surface area (Å²) in [5, 5.41) is 1.93. The molecule has 0 saturated heterocycles. The van der Waals surface area contributed by atoms with Gasteiger partial charge in [0.15, 0.2) is 17.5 Å². The van der Waals surface area contributed by atoms with Gasteiger partial charge in [-0.2, -0.15) is 0 Å². The van der Waals surface area contributed by atoms with E-state index in [1.807, 2.05) is 120 Å². The first-order valence-electron chi connectivity index (χ1n) is 23.4. The number of thiophene rings is 1. The number of hydrogen-bond donors (Lipinski definition) is 0. The van der Waals surface area contributed by atoms with Crippen molar-refractivity contribution in [3.63, 3.8) is 0 Å². The fourth-order valence-corrected chi connectivity index (χ4v) is 8.45. The summed E-state index contributed by atoms with van der Waals surface area (Å²) < 4.78 is 99.6. The first-order valence-corrected chi connectivity index (χ1v) is 18.7. The molecule has 262 valence electrons. The topological polar surface area (TPSA) is 43.6 Å². The van der Waals surface area contributed by atoms with Crippen LogP contribution < -0.4 is 0 Å². The highest BCUT2D eigenvalue weighted by atomic mass is 32.1. The minimum absolute atomic E-state index is 0.000954. The van der Waals surface area contributed by atoms with Gasteiger partial charge in [0.25, 0.3) is 0 Å². The molecule has 3 aromatic heterocycles. The second kappa shape index (κ2) is 13.3. The molecule has 0 aliphatic heterocycles. The van der Waals surface area contributed by atoms with Gasteiger partial charge in [0, 0.05) is 58.8 Å². The van der Waals surface area contributed by atoms with Crippen molar-refractivity contribution in [1.29, 1.82) is 0 Å². The van der Waals surface area contributed by atoms with Crippen molar-refractivity contribution in [2.24, 2.45) is 0 Å². The zero-order valence-electron chi connectivity index (χ0n) is 40.3. The highest BCUT2D eigenvalue weighted by Crippen LogP contribution is 2.44. The van der Waals surface area contributed by atoms with E-state index in [-0.39, 0.29) is 70.2 Å². The molecule has 0 saturated carbocycles. The fourth-order valence-electron chi connectivity index (χ4n) is 7.35. The number of nitrogens with zero attached hydrogens (tertiary/aromatic N) is 4. The summed E-state index contributed by atoms with van der Waals surface area (Å²) in [6.45, 7) is 0. The van der Waals surface area contributed by atoms with Crippen LogP contribution in [-0.2, 0) is 0 Å². The van der Waals surface area contributed by atoms with E-state index in [0.717, 1.165) is 33.4 Å². The van der Waals surface area contributed by atoms with Crippen LogP contribution in [-0.4, -0.2) is 19.5 Å². The zero-order chi connectivity index (χ0) is 46.6. The lowest BCUT2D eigenvalue weighted by Gasteiger charge is -2.17. The van der Waals surface area contributed by atoms with Crippen molar-refractivity contribution in [3.8, 4) is 62.1 Å². The van der Waals surface area contributed by atoms with Crippen molar-refractivity contribution in [2.45, 2.75) is 0 Å². The van der Waals surface area contributed by atoms with E-state index in [1.165, 1.54) is 6.07 Å². The number of para-hydroxylation sites is 1. The lowest BCUT2D eigenvalue weighted by molar-refractivity contribution is 1.07. The maximum absolute atomic E-state index is 9.65. The Morgan fingerprint density at radius 2 is 1.07 bits per heavy atom. The van der Waals surface area contributed by atoms with Gasteiger partial charge in [0.2, 0.25) is 0 Å². The van der Waals surface area contributed by atoms with E-state index >= 15 is 0 Å². The Morgan fingerprint density at radius 3 is 1.84 bits per heavy atom. The first kappa shape index (κ1) is 22.9. The van der Waals surface area contributed by atoms with Crippen molar-refractivity contribution in [1.82, 2.24) is 19.5 Å². The van der Waals surface area contributed by atoms with Gasteiger partial charge in [0.1, 0.15) is 0 Å². The van der Waals surface area contributed by atoms with E-state index < -0.39 is 18.1 Å². The molecule has 3 heterocycles. The highest BCUT2D eigenvalue weighted by molar-refractivity contribution is 7.26. The van der Waals surface area contributed by atoms with E-state index in [1.54, 1.807) is 6.07 Å². The van der Waals surface area contributed by atoms with E-state index in [2.05, 4.69) is 0 Å². The molecule has 0 amide bonds. The average Bonchev–Trinajstić information content (AvgIpc) is 3.91. The van der Waals surface area contributed by atoms with Crippen molar-refractivity contribution in [3.05, 3.63) is 194 Å². The Labute approximate surface area is 343 Å². The largest absolute Gasteiger partial charge is 0.309 e. The number of benzene rings is 8. The van der Waals surface area contributed by atoms with Crippen LogP contribution in [0.25, 0.3) is 104 Å². The molecule has 0 N–H and O–H groups in total. The van der Waals surface area contributed by atoms with Crippen molar-refractivity contribution < 1.29 is 15.1 Å². The molecular weight excluding hydrogens is 701 g/mol. The van der Waals surface area contributed by atoms with Gasteiger partial charge in [-0.05, 0) is 53.6 Å². The van der Waals surface area contributed by atoms with Crippen LogP contribution in [0.3, 0.4) is 0 Å². The summed E-state index contributed by atoms with van der Waals surface area (Å²) in [6, 6.07) is 35.8. The van der Waals surface area contributed by atoms with Gasteiger partial charge in [-0.15, -0.1) is 11.3 Å². The summed E-state index contributed by atoms with van der Waals surface area (Å²) in [6.07, 6.45) is 0. The summed E-state index contributed by atoms with van der Waals surface area (Å²) >= 11 is 1.15. The second-order valence-electron chi connectivity index (χ2n) is 13.2. The van der Waals surface area contributed by atoms with Crippen molar-refractivity contribution in [2.75, 3.05) is 0 Å². The molecule has 11 rings (SSSR count). The van der Waals surface area contributed by atoms with Crippen LogP contribution in [0.4, 0.5) is 0 Å². The molecule has 8 aromatic carbocycles. The molecule has 0 aliphatic rings. The number of rotatable bonds is 6. The fraction of sp³-hybridized carbons (Fsp3) is 0. The monoisotopic (exact) mass is 743 g/mol. The molecule has 4 nitrogen and oxygen atoms in total. The standard InChI is InChI=1S/C51H32N4S/c1-4-15-33(16-5-1)36-27-29-45-42(31-36)38-21-10-12-25-44(38)55(45)46-30-28-37(32-43(46)41-24-14-23-40-39-22-11-13-26-47(39)56-48(40)41)51-53-49(34-17-6-2-7-18-34)52-50(54-51)35-19-8-3-9-20-35/h1-32H/i1D,4D,5D,11D,14D,15D,16D,22D,23D,24D,26D. The minimum Gasteiger partial charge on any atom is -0.309 e. The molecule has 0 bridgehead atoms. The average molecular weight is 744 g/mol.